The van der Waals surface area contributed by atoms with E-state index in [2.05, 4.69) is 17.4 Å². The lowest BCUT2D eigenvalue weighted by atomic mass is 10.1. The molecule has 0 aromatic heterocycles. The topological polar surface area (TPSA) is 64.6 Å². The molecule has 156 valence electrons. The third kappa shape index (κ3) is 5.38. The number of fused-ring (bicyclic) bond motifs is 1. The molecule has 30 heavy (non-hydrogen) atoms. The van der Waals surface area contributed by atoms with E-state index in [1.807, 2.05) is 49.4 Å². The Balaban J connectivity index is 1.59. The van der Waals surface area contributed by atoms with Gasteiger partial charge in [-0.3, -0.25) is 4.79 Å². The molecule has 1 N–H and O–H groups in total. The predicted molar refractivity (Wildman–Crippen MR) is 118 cm³/mol. The van der Waals surface area contributed by atoms with Crippen molar-refractivity contribution in [3.8, 4) is 5.75 Å². The predicted octanol–water partition coefficient (Wildman–Crippen LogP) is 4.53. The Morgan fingerprint density at radius 3 is 2.23 bits per heavy atom. The highest BCUT2D eigenvalue weighted by atomic mass is 16.5. The summed E-state index contributed by atoms with van der Waals surface area (Å²) in [6.45, 7) is 3.52. The van der Waals surface area contributed by atoms with Crippen LogP contribution in [0, 0.1) is 0 Å². The summed E-state index contributed by atoms with van der Waals surface area (Å²) < 4.78 is 10.8. The van der Waals surface area contributed by atoms with Crippen LogP contribution in [0.15, 0.2) is 66.7 Å². The standard InChI is InChI=1S/C25H27NO4/c1-17(13-14-19-9-5-4-6-10-19)26-24(27)18(2)30-25(28)22-15-20-11-7-8-12-21(20)16-23(22)29-3/h4-12,15-18H,13-14H2,1-3H3,(H,26,27)/t17-,18+/m1/s1. The Labute approximate surface area is 177 Å². The fourth-order valence-corrected chi connectivity index (χ4v) is 3.29. The van der Waals surface area contributed by atoms with Crippen molar-refractivity contribution in [2.75, 3.05) is 7.11 Å². The molecule has 0 fully saturated rings. The van der Waals surface area contributed by atoms with Crippen LogP contribution in [0.25, 0.3) is 10.8 Å². The summed E-state index contributed by atoms with van der Waals surface area (Å²) in [5.41, 5.74) is 1.52. The van der Waals surface area contributed by atoms with Crippen LogP contribution in [0.5, 0.6) is 5.75 Å². The van der Waals surface area contributed by atoms with Crippen LogP contribution in [-0.4, -0.2) is 31.1 Å². The number of rotatable bonds is 8. The second kappa shape index (κ2) is 9.92. The van der Waals surface area contributed by atoms with Gasteiger partial charge in [0.15, 0.2) is 6.10 Å². The molecule has 0 unspecified atom stereocenters. The highest BCUT2D eigenvalue weighted by Gasteiger charge is 2.23. The molecule has 3 rings (SSSR count). The monoisotopic (exact) mass is 405 g/mol. The number of aryl methyl sites for hydroxylation is 1. The summed E-state index contributed by atoms with van der Waals surface area (Å²) in [7, 11) is 1.51. The Hall–Kier alpha value is -3.34. The van der Waals surface area contributed by atoms with E-state index in [0.717, 1.165) is 23.6 Å². The maximum atomic E-state index is 12.7. The number of carbonyl (C=O) groups is 2. The van der Waals surface area contributed by atoms with E-state index >= 15 is 0 Å². The lowest BCUT2D eigenvalue weighted by molar-refractivity contribution is -0.129. The Kier molecular flexibility index (Phi) is 7.07. The van der Waals surface area contributed by atoms with Crippen LogP contribution in [0.4, 0.5) is 0 Å². The maximum Gasteiger partial charge on any atom is 0.342 e. The maximum absolute atomic E-state index is 12.7. The Bertz CT molecular complexity index is 1020. The van der Waals surface area contributed by atoms with Crippen molar-refractivity contribution in [3.05, 3.63) is 77.9 Å². The summed E-state index contributed by atoms with van der Waals surface area (Å²) in [6.07, 6.45) is 0.757. The van der Waals surface area contributed by atoms with Crippen LogP contribution in [-0.2, 0) is 16.0 Å². The molecule has 0 saturated carbocycles. The van der Waals surface area contributed by atoms with Gasteiger partial charge in [0.05, 0.1) is 7.11 Å². The van der Waals surface area contributed by atoms with E-state index in [1.165, 1.54) is 12.7 Å². The normalized spacial score (nSPS) is 12.8. The van der Waals surface area contributed by atoms with Crippen LogP contribution < -0.4 is 10.1 Å². The third-order valence-corrected chi connectivity index (χ3v) is 5.04. The molecule has 5 heteroatoms. The van der Waals surface area contributed by atoms with E-state index < -0.39 is 12.1 Å². The fraction of sp³-hybridized carbons (Fsp3) is 0.280. The first kappa shape index (κ1) is 21.4. The molecule has 1 amide bonds. The van der Waals surface area contributed by atoms with Gasteiger partial charge in [0.1, 0.15) is 11.3 Å². The fourth-order valence-electron chi connectivity index (χ4n) is 3.29. The van der Waals surface area contributed by atoms with Crippen molar-refractivity contribution in [2.24, 2.45) is 0 Å². The molecular formula is C25H27NO4. The highest BCUT2D eigenvalue weighted by molar-refractivity contribution is 5.99. The summed E-state index contributed by atoms with van der Waals surface area (Å²) in [5.74, 6) is -0.483. The minimum absolute atomic E-state index is 0.0333. The summed E-state index contributed by atoms with van der Waals surface area (Å²) in [5, 5.41) is 4.78. The van der Waals surface area contributed by atoms with E-state index in [9.17, 15) is 9.59 Å². The van der Waals surface area contributed by atoms with Crippen molar-refractivity contribution < 1.29 is 19.1 Å². The molecule has 0 spiro atoms. The highest BCUT2D eigenvalue weighted by Crippen LogP contribution is 2.26. The second-order valence-corrected chi connectivity index (χ2v) is 7.38. The first-order valence-electron chi connectivity index (χ1n) is 10.1. The average Bonchev–Trinajstić information content (AvgIpc) is 2.77. The second-order valence-electron chi connectivity index (χ2n) is 7.38. The molecule has 0 aliphatic carbocycles. The number of amides is 1. The number of hydrogen-bond donors (Lipinski definition) is 1. The molecule has 2 atom stereocenters. The first-order valence-corrected chi connectivity index (χ1v) is 10.1. The van der Waals surface area contributed by atoms with Crippen LogP contribution in [0.1, 0.15) is 36.2 Å². The van der Waals surface area contributed by atoms with Crippen molar-refractivity contribution in [1.29, 1.82) is 0 Å². The van der Waals surface area contributed by atoms with Gasteiger partial charge in [-0.2, -0.15) is 0 Å². The molecular weight excluding hydrogens is 378 g/mol. The number of esters is 1. The minimum atomic E-state index is -0.909. The number of carbonyl (C=O) groups excluding carboxylic acids is 2. The van der Waals surface area contributed by atoms with E-state index in [4.69, 9.17) is 9.47 Å². The van der Waals surface area contributed by atoms with Crippen molar-refractivity contribution in [2.45, 2.75) is 38.8 Å². The van der Waals surface area contributed by atoms with Gasteiger partial charge < -0.3 is 14.8 Å². The molecule has 0 saturated heterocycles. The van der Waals surface area contributed by atoms with Crippen LogP contribution in [0.2, 0.25) is 0 Å². The Morgan fingerprint density at radius 2 is 1.57 bits per heavy atom. The zero-order chi connectivity index (χ0) is 21.5. The molecule has 3 aromatic rings. The van der Waals surface area contributed by atoms with E-state index in [1.54, 1.807) is 19.1 Å². The average molecular weight is 405 g/mol. The van der Waals surface area contributed by atoms with Gasteiger partial charge in [0, 0.05) is 6.04 Å². The van der Waals surface area contributed by atoms with Gasteiger partial charge in [-0.05, 0) is 55.2 Å². The van der Waals surface area contributed by atoms with Gasteiger partial charge in [0.2, 0.25) is 0 Å². The lowest BCUT2D eigenvalue weighted by Crippen LogP contribution is -2.41. The number of methoxy groups -OCH3 is 1. The van der Waals surface area contributed by atoms with Crippen LogP contribution >= 0.6 is 0 Å². The van der Waals surface area contributed by atoms with Crippen molar-refractivity contribution in [1.82, 2.24) is 5.32 Å². The lowest BCUT2D eigenvalue weighted by Gasteiger charge is -2.18. The van der Waals surface area contributed by atoms with Gasteiger partial charge in [0.25, 0.3) is 5.91 Å². The van der Waals surface area contributed by atoms with E-state index in [0.29, 0.717) is 11.3 Å². The summed E-state index contributed by atoms with van der Waals surface area (Å²) in [6, 6.07) is 21.3. The summed E-state index contributed by atoms with van der Waals surface area (Å²) >= 11 is 0. The van der Waals surface area contributed by atoms with Crippen molar-refractivity contribution in [3.63, 3.8) is 0 Å². The SMILES string of the molecule is COc1cc2ccccc2cc1C(=O)O[C@@H](C)C(=O)N[C@H](C)CCc1ccccc1. The van der Waals surface area contributed by atoms with Crippen LogP contribution in [0.3, 0.4) is 0 Å². The first-order chi connectivity index (χ1) is 14.5. The molecule has 0 heterocycles. The number of nitrogens with one attached hydrogen (secondary N) is 1. The minimum Gasteiger partial charge on any atom is -0.496 e. The van der Waals surface area contributed by atoms with Gasteiger partial charge >= 0.3 is 5.97 Å². The van der Waals surface area contributed by atoms with Gasteiger partial charge in [-0.1, -0.05) is 54.6 Å². The van der Waals surface area contributed by atoms with E-state index in [-0.39, 0.29) is 11.9 Å². The molecule has 0 bridgehead atoms. The number of hydrogen-bond acceptors (Lipinski definition) is 4. The van der Waals surface area contributed by atoms with Gasteiger partial charge in [-0.15, -0.1) is 0 Å². The molecule has 5 nitrogen and oxygen atoms in total. The largest absolute Gasteiger partial charge is 0.496 e. The number of benzene rings is 3. The molecule has 0 aliphatic rings. The van der Waals surface area contributed by atoms with Crippen molar-refractivity contribution >= 4 is 22.6 Å². The molecule has 0 aliphatic heterocycles. The summed E-state index contributed by atoms with van der Waals surface area (Å²) in [4.78, 5) is 25.2. The molecule has 3 aromatic carbocycles. The third-order valence-electron chi connectivity index (χ3n) is 5.04. The smallest absolute Gasteiger partial charge is 0.342 e. The number of ether oxygens (including phenoxy) is 2. The zero-order valence-corrected chi connectivity index (χ0v) is 17.6. The quantitative estimate of drug-likeness (QED) is 0.559. The van der Waals surface area contributed by atoms with Gasteiger partial charge in [-0.25, -0.2) is 4.79 Å². The molecule has 0 radical (unpaired) electrons. The zero-order valence-electron chi connectivity index (χ0n) is 17.6. The Morgan fingerprint density at radius 1 is 0.933 bits per heavy atom.